The molecule has 3 aromatic rings. The highest BCUT2D eigenvalue weighted by Gasteiger charge is 2.15. The molecule has 0 saturated heterocycles. The Labute approximate surface area is 159 Å². The van der Waals surface area contributed by atoms with Crippen LogP contribution in [0.3, 0.4) is 0 Å². The summed E-state index contributed by atoms with van der Waals surface area (Å²) in [4.78, 5) is 13.3. The maximum absolute atomic E-state index is 13.6. The van der Waals surface area contributed by atoms with Crippen LogP contribution in [0.15, 0.2) is 40.9 Å². The number of benzene rings is 1. The van der Waals surface area contributed by atoms with Gasteiger partial charge in [0.15, 0.2) is 11.0 Å². The first-order valence-corrected chi connectivity index (χ1v) is 9.97. The molecule has 2 heterocycles. The average Bonchev–Trinajstić information content (AvgIpc) is 3.22. The highest BCUT2D eigenvalue weighted by molar-refractivity contribution is 7.99. The molecule has 0 aliphatic carbocycles. The van der Waals surface area contributed by atoms with Crippen LogP contribution in [0.1, 0.15) is 24.6 Å². The van der Waals surface area contributed by atoms with Crippen molar-refractivity contribution in [3.8, 4) is 11.4 Å². The maximum atomic E-state index is 13.6. The largest absolute Gasteiger partial charge is 0.323 e. The van der Waals surface area contributed by atoms with Gasteiger partial charge in [-0.1, -0.05) is 37.7 Å². The summed E-state index contributed by atoms with van der Waals surface area (Å²) >= 11 is 2.97. The van der Waals surface area contributed by atoms with E-state index in [0.29, 0.717) is 11.1 Å². The molecule has 0 unspecified atom stereocenters. The van der Waals surface area contributed by atoms with E-state index in [4.69, 9.17) is 0 Å². The smallest absolute Gasteiger partial charge is 0.234 e. The number of aromatic nitrogens is 3. The fourth-order valence-corrected chi connectivity index (χ4v) is 3.96. The first kappa shape index (κ1) is 18.6. The summed E-state index contributed by atoms with van der Waals surface area (Å²) in [5.41, 5.74) is 1.20. The van der Waals surface area contributed by atoms with Crippen molar-refractivity contribution in [1.82, 2.24) is 14.8 Å². The van der Waals surface area contributed by atoms with E-state index < -0.39 is 5.82 Å². The highest BCUT2D eigenvalue weighted by atomic mass is 32.2. The van der Waals surface area contributed by atoms with E-state index in [9.17, 15) is 9.18 Å². The molecule has 0 aliphatic rings. The van der Waals surface area contributed by atoms with Crippen LogP contribution < -0.4 is 5.32 Å². The van der Waals surface area contributed by atoms with Crippen molar-refractivity contribution in [2.24, 2.45) is 7.05 Å². The van der Waals surface area contributed by atoms with Crippen molar-refractivity contribution in [3.05, 3.63) is 46.4 Å². The van der Waals surface area contributed by atoms with Crippen molar-refractivity contribution in [1.29, 1.82) is 0 Å². The Morgan fingerprint density at radius 3 is 2.81 bits per heavy atom. The fourth-order valence-electron chi connectivity index (χ4n) is 2.34. The van der Waals surface area contributed by atoms with E-state index in [0.717, 1.165) is 11.4 Å². The lowest BCUT2D eigenvalue weighted by molar-refractivity contribution is -0.113. The molecule has 0 saturated carbocycles. The third-order valence-corrected chi connectivity index (χ3v) is 6.02. The van der Waals surface area contributed by atoms with Crippen LogP contribution in [-0.2, 0) is 11.8 Å². The Balaban J connectivity index is 1.65. The van der Waals surface area contributed by atoms with E-state index in [-0.39, 0.29) is 17.3 Å². The SMILES string of the molecule is CC(C)c1cc(-c2nnc(SCC(=O)Nc3ccccc3F)n2C)cs1. The lowest BCUT2D eigenvalue weighted by Gasteiger charge is -2.06. The van der Waals surface area contributed by atoms with Gasteiger partial charge in [0.05, 0.1) is 11.4 Å². The Bertz CT molecular complexity index is 920. The molecule has 3 rings (SSSR count). The molecule has 8 heteroatoms. The molecular weight excluding hydrogens is 371 g/mol. The molecule has 1 amide bonds. The lowest BCUT2D eigenvalue weighted by atomic mass is 10.1. The number of nitrogens with one attached hydrogen (secondary N) is 1. The number of thiophene rings is 1. The molecule has 0 fully saturated rings. The van der Waals surface area contributed by atoms with Gasteiger partial charge in [0.2, 0.25) is 5.91 Å². The van der Waals surface area contributed by atoms with E-state index in [1.807, 2.05) is 11.6 Å². The van der Waals surface area contributed by atoms with Gasteiger partial charge in [0.25, 0.3) is 0 Å². The highest BCUT2D eigenvalue weighted by Crippen LogP contribution is 2.30. The van der Waals surface area contributed by atoms with Crippen LogP contribution in [0, 0.1) is 5.82 Å². The summed E-state index contributed by atoms with van der Waals surface area (Å²) in [5, 5.41) is 13.7. The second-order valence-electron chi connectivity index (χ2n) is 6.07. The minimum Gasteiger partial charge on any atom is -0.323 e. The molecule has 136 valence electrons. The van der Waals surface area contributed by atoms with Gasteiger partial charge in [-0.3, -0.25) is 4.79 Å². The number of anilines is 1. The van der Waals surface area contributed by atoms with Crippen LogP contribution in [0.4, 0.5) is 10.1 Å². The zero-order chi connectivity index (χ0) is 18.7. The molecule has 26 heavy (non-hydrogen) atoms. The molecule has 0 aliphatic heterocycles. The van der Waals surface area contributed by atoms with Gasteiger partial charge in [0.1, 0.15) is 5.82 Å². The third kappa shape index (κ3) is 4.13. The molecular formula is C18H19FN4OS2. The number of para-hydroxylation sites is 1. The quantitative estimate of drug-likeness (QED) is 0.628. The average molecular weight is 391 g/mol. The molecule has 2 aromatic heterocycles. The molecule has 0 bridgehead atoms. The zero-order valence-corrected chi connectivity index (χ0v) is 16.3. The van der Waals surface area contributed by atoms with Gasteiger partial charge in [-0.25, -0.2) is 4.39 Å². The first-order valence-electron chi connectivity index (χ1n) is 8.11. The van der Waals surface area contributed by atoms with Crippen LogP contribution >= 0.6 is 23.1 Å². The standard InChI is InChI=1S/C18H19FN4OS2/c1-11(2)15-8-12(9-25-15)17-21-22-18(23(17)3)26-10-16(24)20-14-7-5-4-6-13(14)19/h4-9,11H,10H2,1-3H3,(H,20,24). The number of halogens is 1. The number of hydrogen-bond acceptors (Lipinski definition) is 5. The Hall–Kier alpha value is -2.19. The number of rotatable bonds is 6. The van der Waals surface area contributed by atoms with Crippen molar-refractivity contribution in [2.45, 2.75) is 24.9 Å². The Morgan fingerprint density at radius 2 is 2.12 bits per heavy atom. The van der Waals surface area contributed by atoms with Gasteiger partial charge in [-0.05, 0) is 24.1 Å². The van der Waals surface area contributed by atoms with Gasteiger partial charge in [-0.2, -0.15) is 0 Å². The number of amides is 1. The number of thioether (sulfide) groups is 1. The minimum absolute atomic E-state index is 0.126. The van der Waals surface area contributed by atoms with Crippen LogP contribution in [0.5, 0.6) is 0 Å². The first-order chi connectivity index (χ1) is 12.5. The van der Waals surface area contributed by atoms with Gasteiger partial charge < -0.3 is 9.88 Å². The van der Waals surface area contributed by atoms with E-state index in [1.54, 1.807) is 23.5 Å². The second kappa shape index (κ2) is 8.01. The second-order valence-corrected chi connectivity index (χ2v) is 7.96. The van der Waals surface area contributed by atoms with E-state index in [2.05, 4.69) is 40.8 Å². The molecule has 0 radical (unpaired) electrons. The van der Waals surface area contributed by atoms with Crippen LogP contribution in [0.25, 0.3) is 11.4 Å². The molecule has 1 N–H and O–H groups in total. The monoisotopic (exact) mass is 390 g/mol. The Kier molecular flexibility index (Phi) is 5.73. The fraction of sp³-hybridized carbons (Fsp3) is 0.278. The summed E-state index contributed by atoms with van der Waals surface area (Å²) in [6.45, 7) is 4.31. The molecule has 1 aromatic carbocycles. The van der Waals surface area contributed by atoms with E-state index >= 15 is 0 Å². The molecule has 5 nitrogen and oxygen atoms in total. The van der Waals surface area contributed by atoms with Gasteiger partial charge in [0, 0.05) is 22.9 Å². The van der Waals surface area contributed by atoms with Crippen LogP contribution in [0.2, 0.25) is 0 Å². The predicted octanol–water partition coefficient (Wildman–Crippen LogP) is 4.54. The number of hydrogen-bond donors (Lipinski definition) is 1. The van der Waals surface area contributed by atoms with Crippen molar-refractivity contribution >= 4 is 34.7 Å². The van der Waals surface area contributed by atoms with Gasteiger partial charge >= 0.3 is 0 Å². The summed E-state index contributed by atoms with van der Waals surface area (Å²) in [5.74, 6) is 0.622. The third-order valence-electron chi connectivity index (χ3n) is 3.76. The van der Waals surface area contributed by atoms with Crippen molar-refractivity contribution in [2.75, 3.05) is 11.1 Å². The van der Waals surface area contributed by atoms with E-state index in [1.165, 1.54) is 28.8 Å². The summed E-state index contributed by atoms with van der Waals surface area (Å²) in [7, 11) is 1.87. The van der Waals surface area contributed by atoms with Crippen molar-refractivity contribution in [3.63, 3.8) is 0 Å². The zero-order valence-electron chi connectivity index (χ0n) is 14.7. The summed E-state index contributed by atoms with van der Waals surface area (Å²) in [6.07, 6.45) is 0. The Morgan fingerprint density at radius 1 is 1.35 bits per heavy atom. The summed E-state index contributed by atoms with van der Waals surface area (Å²) < 4.78 is 15.4. The lowest BCUT2D eigenvalue weighted by Crippen LogP contribution is -2.15. The minimum atomic E-state index is -0.454. The normalized spacial score (nSPS) is 11.1. The maximum Gasteiger partial charge on any atom is 0.234 e. The molecule has 0 atom stereocenters. The van der Waals surface area contributed by atoms with Crippen LogP contribution in [-0.4, -0.2) is 26.4 Å². The number of carbonyl (C=O) groups is 1. The number of nitrogens with zero attached hydrogens (tertiary/aromatic N) is 3. The topological polar surface area (TPSA) is 59.8 Å². The summed E-state index contributed by atoms with van der Waals surface area (Å²) in [6, 6.07) is 8.22. The predicted molar refractivity (Wildman–Crippen MR) is 104 cm³/mol. The van der Waals surface area contributed by atoms with Gasteiger partial charge in [-0.15, -0.1) is 21.5 Å². The van der Waals surface area contributed by atoms with Crippen molar-refractivity contribution < 1.29 is 9.18 Å². The molecule has 0 spiro atoms. The number of carbonyl (C=O) groups excluding carboxylic acids is 1.